The van der Waals surface area contributed by atoms with Gasteiger partial charge in [0.15, 0.2) is 0 Å². The number of ether oxygens (including phenoxy) is 1. The topological polar surface area (TPSA) is 64.3 Å². The maximum Gasteiger partial charge on any atom is 0.356 e. The number of nitrogens with two attached hydrogens (primary N) is 1. The number of thiocarbonyl (C=S) groups is 1. The fraction of sp³-hybridized carbons (Fsp3) is 0.333. The van der Waals surface area contributed by atoms with Crippen LogP contribution in [0.1, 0.15) is 32.3 Å². The highest BCUT2D eigenvalue weighted by Gasteiger charge is 2.18. The van der Waals surface area contributed by atoms with Gasteiger partial charge in [0.1, 0.15) is 5.70 Å². The van der Waals surface area contributed by atoms with Gasteiger partial charge < -0.3 is 15.8 Å². The standard InChI is InChI=1S/C15H20N2O2S/c1-4-19-15(18)13(11(3)16)17-14(20)10(2)12-8-6-5-7-9-12/h5-10H,4,16H2,1-3H3,(H,17,20)/b13-11+/t10-/m0/s1. The minimum atomic E-state index is -0.491. The van der Waals surface area contributed by atoms with Gasteiger partial charge in [0.25, 0.3) is 0 Å². The molecular formula is C15H20N2O2S. The number of hydrogen-bond acceptors (Lipinski definition) is 4. The monoisotopic (exact) mass is 292 g/mol. The molecule has 0 bridgehead atoms. The maximum atomic E-state index is 11.8. The quantitative estimate of drug-likeness (QED) is 0.496. The molecule has 0 unspecified atom stereocenters. The van der Waals surface area contributed by atoms with Crippen LogP contribution in [0.25, 0.3) is 0 Å². The molecule has 4 nitrogen and oxygen atoms in total. The number of carbonyl (C=O) groups is 1. The van der Waals surface area contributed by atoms with E-state index in [2.05, 4.69) is 5.32 Å². The van der Waals surface area contributed by atoms with Gasteiger partial charge in [-0.2, -0.15) is 0 Å². The van der Waals surface area contributed by atoms with Crippen LogP contribution in [0.2, 0.25) is 0 Å². The van der Waals surface area contributed by atoms with Gasteiger partial charge in [-0.1, -0.05) is 49.5 Å². The maximum absolute atomic E-state index is 11.8. The zero-order valence-corrected chi connectivity index (χ0v) is 12.8. The average molecular weight is 292 g/mol. The summed E-state index contributed by atoms with van der Waals surface area (Å²) in [6.45, 7) is 5.64. The Morgan fingerprint density at radius 1 is 1.40 bits per heavy atom. The molecule has 5 heteroatoms. The van der Waals surface area contributed by atoms with Crippen LogP contribution in [0.3, 0.4) is 0 Å². The Morgan fingerprint density at radius 3 is 2.50 bits per heavy atom. The minimum Gasteiger partial charge on any atom is -0.461 e. The Labute approximate surface area is 125 Å². The van der Waals surface area contributed by atoms with Gasteiger partial charge in [-0.15, -0.1) is 0 Å². The van der Waals surface area contributed by atoms with Gasteiger partial charge in [0, 0.05) is 11.6 Å². The molecule has 1 rings (SSSR count). The highest BCUT2D eigenvalue weighted by Crippen LogP contribution is 2.16. The van der Waals surface area contributed by atoms with E-state index in [1.54, 1.807) is 13.8 Å². The van der Waals surface area contributed by atoms with E-state index in [1.807, 2.05) is 37.3 Å². The van der Waals surface area contributed by atoms with Crippen molar-refractivity contribution in [1.29, 1.82) is 0 Å². The fourth-order valence-corrected chi connectivity index (χ4v) is 1.88. The highest BCUT2D eigenvalue weighted by molar-refractivity contribution is 7.80. The van der Waals surface area contributed by atoms with Gasteiger partial charge >= 0.3 is 5.97 Å². The van der Waals surface area contributed by atoms with Gasteiger partial charge in [0.2, 0.25) is 0 Å². The van der Waals surface area contributed by atoms with Crippen LogP contribution in [-0.2, 0) is 9.53 Å². The van der Waals surface area contributed by atoms with Crippen molar-refractivity contribution < 1.29 is 9.53 Å². The molecule has 0 aliphatic heterocycles. The molecule has 0 aromatic heterocycles. The van der Waals surface area contributed by atoms with E-state index in [9.17, 15) is 4.79 Å². The molecule has 0 amide bonds. The van der Waals surface area contributed by atoms with Crippen molar-refractivity contribution in [2.45, 2.75) is 26.7 Å². The summed E-state index contributed by atoms with van der Waals surface area (Å²) in [7, 11) is 0. The molecule has 0 spiro atoms. The molecule has 108 valence electrons. The molecule has 20 heavy (non-hydrogen) atoms. The summed E-state index contributed by atoms with van der Waals surface area (Å²) in [5, 5.41) is 2.91. The first-order chi connectivity index (χ1) is 9.47. The van der Waals surface area contributed by atoms with E-state index in [0.717, 1.165) is 5.56 Å². The first-order valence-corrected chi connectivity index (χ1v) is 6.87. The van der Waals surface area contributed by atoms with Gasteiger partial charge in [-0.25, -0.2) is 4.79 Å². The van der Waals surface area contributed by atoms with E-state index in [1.165, 1.54) is 0 Å². The van der Waals surface area contributed by atoms with E-state index < -0.39 is 5.97 Å². The Morgan fingerprint density at radius 2 is 2.00 bits per heavy atom. The van der Waals surface area contributed by atoms with Crippen molar-refractivity contribution >= 4 is 23.2 Å². The molecule has 0 saturated carbocycles. The third-order valence-corrected chi connectivity index (χ3v) is 3.27. The van der Waals surface area contributed by atoms with Crippen LogP contribution in [-0.4, -0.2) is 17.6 Å². The molecule has 1 aromatic rings. The number of benzene rings is 1. The predicted octanol–water partition coefficient (Wildman–Crippen LogP) is 2.46. The van der Waals surface area contributed by atoms with Crippen LogP contribution in [0, 0.1) is 0 Å². The van der Waals surface area contributed by atoms with Crippen molar-refractivity contribution in [3.8, 4) is 0 Å². The molecular weight excluding hydrogens is 272 g/mol. The van der Waals surface area contributed by atoms with Crippen molar-refractivity contribution in [3.05, 3.63) is 47.3 Å². The summed E-state index contributed by atoms with van der Waals surface area (Å²) in [6, 6.07) is 9.82. The van der Waals surface area contributed by atoms with Crippen molar-refractivity contribution in [3.63, 3.8) is 0 Å². The largest absolute Gasteiger partial charge is 0.461 e. The molecule has 1 atom stereocenters. The molecule has 3 N–H and O–H groups in total. The summed E-state index contributed by atoms with van der Waals surface area (Å²) in [4.78, 5) is 12.3. The Kier molecular flexibility index (Phi) is 6.18. The Bertz CT molecular complexity index is 508. The summed E-state index contributed by atoms with van der Waals surface area (Å²) in [6.07, 6.45) is 0. The third-order valence-electron chi connectivity index (χ3n) is 2.81. The van der Waals surface area contributed by atoms with E-state index >= 15 is 0 Å². The lowest BCUT2D eigenvalue weighted by Crippen LogP contribution is -2.32. The number of rotatable bonds is 5. The summed E-state index contributed by atoms with van der Waals surface area (Å²) in [5.74, 6) is -0.509. The zero-order valence-electron chi connectivity index (χ0n) is 12.0. The number of carbonyl (C=O) groups excluding carboxylic acids is 1. The lowest BCUT2D eigenvalue weighted by molar-refractivity contribution is -0.138. The number of hydrogen-bond donors (Lipinski definition) is 2. The van der Waals surface area contributed by atoms with E-state index in [4.69, 9.17) is 22.7 Å². The SMILES string of the molecule is CCOC(=O)/C(NC(=S)[C@@H](C)c1ccccc1)=C(/C)N. The van der Waals surface area contributed by atoms with Crippen LogP contribution in [0.5, 0.6) is 0 Å². The summed E-state index contributed by atoms with van der Waals surface area (Å²) in [5.41, 5.74) is 7.34. The highest BCUT2D eigenvalue weighted by atomic mass is 32.1. The number of esters is 1. The average Bonchev–Trinajstić information content (AvgIpc) is 2.44. The molecule has 0 fully saturated rings. The smallest absolute Gasteiger partial charge is 0.356 e. The molecule has 0 aliphatic rings. The van der Waals surface area contributed by atoms with Crippen LogP contribution in [0.15, 0.2) is 41.7 Å². The lowest BCUT2D eigenvalue weighted by Gasteiger charge is -2.17. The fourth-order valence-electron chi connectivity index (χ4n) is 1.64. The van der Waals surface area contributed by atoms with Crippen molar-refractivity contribution in [1.82, 2.24) is 5.32 Å². The van der Waals surface area contributed by atoms with Gasteiger partial charge in [0.05, 0.1) is 11.6 Å². The number of nitrogens with one attached hydrogen (secondary N) is 1. The summed E-state index contributed by atoms with van der Waals surface area (Å²) < 4.78 is 4.95. The van der Waals surface area contributed by atoms with Crippen LogP contribution < -0.4 is 11.1 Å². The zero-order chi connectivity index (χ0) is 15.1. The minimum absolute atomic E-state index is 0.0185. The molecule has 0 heterocycles. The predicted molar refractivity (Wildman–Crippen MR) is 84.1 cm³/mol. The van der Waals surface area contributed by atoms with Crippen LogP contribution in [0.4, 0.5) is 0 Å². The number of allylic oxidation sites excluding steroid dienone is 1. The molecule has 0 radical (unpaired) electrons. The Balaban J connectivity index is 2.83. The second-order valence-electron chi connectivity index (χ2n) is 4.40. The van der Waals surface area contributed by atoms with Crippen molar-refractivity contribution in [2.24, 2.45) is 5.73 Å². The molecule has 0 saturated heterocycles. The lowest BCUT2D eigenvalue weighted by atomic mass is 10.0. The van der Waals surface area contributed by atoms with Gasteiger partial charge in [-0.3, -0.25) is 0 Å². The normalized spacial score (nSPS) is 13.2. The van der Waals surface area contributed by atoms with Crippen LogP contribution >= 0.6 is 12.2 Å². The second-order valence-corrected chi connectivity index (χ2v) is 4.84. The molecule has 0 aliphatic carbocycles. The van der Waals surface area contributed by atoms with E-state index in [0.29, 0.717) is 10.7 Å². The first kappa shape index (κ1) is 16.2. The molecule has 1 aromatic carbocycles. The third kappa shape index (κ3) is 4.35. The van der Waals surface area contributed by atoms with Crippen molar-refractivity contribution in [2.75, 3.05) is 6.61 Å². The summed E-state index contributed by atoms with van der Waals surface area (Å²) >= 11 is 5.35. The Hall–Kier alpha value is -1.88. The second kappa shape index (κ2) is 7.65. The van der Waals surface area contributed by atoms with Gasteiger partial charge in [-0.05, 0) is 19.4 Å². The van der Waals surface area contributed by atoms with E-state index in [-0.39, 0.29) is 18.2 Å². The first-order valence-electron chi connectivity index (χ1n) is 6.46.